The van der Waals surface area contributed by atoms with Gasteiger partial charge >= 0.3 is 0 Å². The minimum atomic E-state index is 0.889. The van der Waals surface area contributed by atoms with Crippen LogP contribution < -0.4 is 5.32 Å². The molecule has 1 rings (SSSR count). The maximum absolute atomic E-state index is 3.46. The van der Waals surface area contributed by atoms with Crippen LogP contribution >= 0.6 is 15.9 Å². The second-order valence-electron chi connectivity index (χ2n) is 3.62. The van der Waals surface area contributed by atoms with E-state index in [-0.39, 0.29) is 0 Å². The molecule has 0 unspecified atom stereocenters. The van der Waals surface area contributed by atoms with E-state index in [1.165, 1.54) is 16.8 Å². The van der Waals surface area contributed by atoms with Crippen molar-refractivity contribution in [3.63, 3.8) is 0 Å². The lowest BCUT2D eigenvalue weighted by molar-refractivity contribution is 1.25. The third-order valence-corrected chi connectivity index (χ3v) is 2.50. The van der Waals surface area contributed by atoms with Gasteiger partial charge in [-0.25, -0.2) is 0 Å². The first-order valence-electron chi connectivity index (χ1n) is 4.73. The lowest BCUT2D eigenvalue weighted by atomic mass is 10.2. The molecule has 0 bridgehead atoms. The van der Waals surface area contributed by atoms with Crippen LogP contribution in [-0.4, -0.2) is 6.54 Å². The zero-order valence-electron chi connectivity index (χ0n) is 8.89. The van der Waals surface area contributed by atoms with Crippen LogP contribution in [-0.2, 0) is 0 Å². The van der Waals surface area contributed by atoms with E-state index >= 15 is 0 Å². The zero-order chi connectivity index (χ0) is 10.6. The van der Waals surface area contributed by atoms with Gasteiger partial charge in [0.25, 0.3) is 0 Å². The number of hydrogen-bond donors (Lipinski definition) is 1. The van der Waals surface area contributed by atoms with Gasteiger partial charge in [-0.2, -0.15) is 0 Å². The van der Waals surface area contributed by atoms with Crippen LogP contribution in [0.25, 0.3) is 0 Å². The van der Waals surface area contributed by atoms with Gasteiger partial charge in [0.05, 0.1) is 0 Å². The molecule has 76 valence electrons. The van der Waals surface area contributed by atoms with Crippen molar-refractivity contribution in [2.75, 3.05) is 11.9 Å². The molecule has 1 aromatic rings. The Morgan fingerprint density at radius 1 is 1.43 bits per heavy atom. The van der Waals surface area contributed by atoms with Gasteiger partial charge in [-0.15, -0.1) is 0 Å². The van der Waals surface area contributed by atoms with Crippen molar-refractivity contribution >= 4 is 21.6 Å². The van der Waals surface area contributed by atoms with Gasteiger partial charge in [0, 0.05) is 16.7 Å². The minimum Gasteiger partial charge on any atom is -0.381 e. The average Bonchev–Trinajstić information content (AvgIpc) is 2.10. The van der Waals surface area contributed by atoms with E-state index in [2.05, 4.69) is 66.3 Å². The zero-order valence-corrected chi connectivity index (χ0v) is 10.5. The van der Waals surface area contributed by atoms with E-state index in [0.717, 1.165) is 11.0 Å². The number of nitrogens with one attached hydrogen (secondary N) is 1. The smallest absolute Gasteiger partial charge is 0.0383 e. The highest BCUT2D eigenvalue weighted by atomic mass is 79.9. The summed E-state index contributed by atoms with van der Waals surface area (Å²) < 4.78 is 1.11. The molecule has 0 heterocycles. The summed E-state index contributed by atoms with van der Waals surface area (Å²) in [6, 6.07) is 6.27. The van der Waals surface area contributed by atoms with Crippen LogP contribution in [0.3, 0.4) is 0 Å². The first-order chi connectivity index (χ1) is 6.59. The fourth-order valence-corrected chi connectivity index (χ4v) is 1.51. The van der Waals surface area contributed by atoms with E-state index in [1.807, 2.05) is 0 Å². The van der Waals surface area contributed by atoms with Gasteiger partial charge in [-0.1, -0.05) is 33.6 Å². The van der Waals surface area contributed by atoms with Crippen molar-refractivity contribution in [1.82, 2.24) is 0 Å². The Kier molecular flexibility index (Phi) is 4.21. The summed E-state index contributed by atoms with van der Waals surface area (Å²) in [6.45, 7) is 7.21. The van der Waals surface area contributed by atoms with E-state index in [0.29, 0.717) is 0 Å². The molecule has 0 saturated carbocycles. The minimum absolute atomic E-state index is 0.889. The number of allylic oxidation sites excluding steroid dienone is 1. The van der Waals surface area contributed by atoms with Crippen LogP contribution in [0, 0.1) is 6.92 Å². The Labute approximate surface area is 94.3 Å². The number of anilines is 1. The SMILES string of the molecule is CC(C)=CCNc1cc(Br)ccc1C. The van der Waals surface area contributed by atoms with Gasteiger partial charge in [0.15, 0.2) is 0 Å². The van der Waals surface area contributed by atoms with Crippen molar-refractivity contribution in [3.8, 4) is 0 Å². The number of halogens is 1. The molecule has 0 radical (unpaired) electrons. The third kappa shape index (κ3) is 3.54. The largest absolute Gasteiger partial charge is 0.381 e. The highest BCUT2D eigenvalue weighted by molar-refractivity contribution is 9.10. The lowest BCUT2D eigenvalue weighted by Gasteiger charge is -2.07. The molecule has 0 fully saturated rings. The Morgan fingerprint density at radius 3 is 2.79 bits per heavy atom. The average molecular weight is 254 g/mol. The normalized spacial score (nSPS) is 9.71. The molecule has 0 saturated heterocycles. The van der Waals surface area contributed by atoms with Crippen molar-refractivity contribution in [3.05, 3.63) is 39.9 Å². The topological polar surface area (TPSA) is 12.0 Å². The summed E-state index contributed by atoms with van der Waals surface area (Å²) in [5.74, 6) is 0. The number of rotatable bonds is 3. The second-order valence-corrected chi connectivity index (χ2v) is 4.54. The Morgan fingerprint density at radius 2 is 2.14 bits per heavy atom. The molecule has 0 aliphatic heterocycles. The lowest BCUT2D eigenvalue weighted by Crippen LogP contribution is -2.00. The number of aryl methyl sites for hydroxylation is 1. The monoisotopic (exact) mass is 253 g/mol. The van der Waals surface area contributed by atoms with Crippen molar-refractivity contribution in [1.29, 1.82) is 0 Å². The molecule has 0 aromatic heterocycles. The summed E-state index contributed by atoms with van der Waals surface area (Å²) in [4.78, 5) is 0. The van der Waals surface area contributed by atoms with E-state index in [9.17, 15) is 0 Å². The van der Waals surface area contributed by atoms with Gasteiger partial charge in [-0.05, 0) is 38.5 Å². The van der Waals surface area contributed by atoms with E-state index in [1.54, 1.807) is 0 Å². The highest BCUT2D eigenvalue weighted by Gasteiger charge is 1.96. The van der Waals surface area contributed by atoms with Crippen LogP contribution in [0.5, 0.6) is 0 Å². The standard InChI is InChI=1S/C12H16BrN/c1-9(2)6-7-14-12-8-11(13)5-4-10(12)3/h4-6,8,14H,7H2,1-3H3. The Bertz CT molecular complexity index is 338. The van der Waals surface area contributed by atoms with Crippen molar-refractivity contribution < 1.29 is 0 Å². The molecule has 1 N–H and O–H groups in total. The maximum atomic E-state index is 3.46. The molecule has 1 nitrogen and oxygen atoms in total. The molecule has 0 spiro atoms. The maximum Gasteiger partial charge on any atom is 0.0383 e. The summed E-state index contributed by atoms with van der Waals surface area (Å²) in [5, 5.41) is 3.38. The van der Waals surface area contributed by atoms with Crippen LogP contribution in [0.2, 0.25) is 0 Å². The molecule has 0 amide bonds. The molecule has 14 heavy (non-hydrogen) atoms. The van der Waals surface area contributed by atoms with Crippen LogP contribution in [0.1, 0.15) is 19.4 Å². The van der Waals surface area contributed by atoms with Gasteiger partial charge in [0.1, 0.15) is 0 Å². The van der Waals surface area contributed by atoms with Crippen molar-refractivity contribution in [2.24, 2.45) is 0 Å². The third-order valence-electron chi connectivity index (χ3n) is 2.00. The Balaban J connectivity index is 2.67. The molecular weight excluding hydrogens is 238 g/mol. The molecular formula is C12H16BrN. The summed E-state index contributed by atoms with van der Waals surface area (Å²) >= 11 is 3.46. The fourth-order valence-electron chi connectivity index (χ4n) is 1.15. The second kappa shape index (κ2) is 5.20. The molecule has 2 heteroatoms. The van der Waals surface area contributed by atoms with E-state index < -0.39 is 0 Å². The number of benzene rings is 1. The van der Waals surface area contributed by atoms with Crippen molar-refractivity contribution in [2.45, 2.75) is 20.8 Å². The Hall–Kier alpha value is -0.760. The summed E-state index contributed by atoms with van der Waals surface area (Å²) in [5.41, 5.74) is 3.80. The van der Waals surface area contributed by atoms with Gasteiger partial charge < -0.3 is 5.32 Å². The quantitative estimate of drug-likeness (QED) is 0.799. The van der Waals surface area contributed by atoms with E-state index in [4.69, 9.17) is 0 Å². The van der Waals surface area contributed by atoms with Gasteiger partial charge in [0.2, 0.25) is 0 Å². The van der Waals surface area contributed by atoms with Crippen LogP contribution in [0.4, 0.5) is 5.69 Å². The predicted octanol–water partition coefficient (Wildman–Crippen LogP) is 4.14. The first-order valence-corrected chi connectivity index (χ1v) is 5.52. The summed E-state index contributed by atoms with van der Waals surface area (Å²) in [6.07, 6.45) is 2.18. The molecule has 0 aliphatic carbocycles. The first kappa shape index (κ1) is 11.3. The predicted molar refractivity (Wildman–Crippen MR) is 66.8 cm³/mol. The highest BCUT2D eigenvalue weighted by Crippen LogP contribution is 2.20. The summed E-state index contributed by atoms with van der Waals surface area (Å²) in [7, 11) is 0. The molecule has 0 atom stereocenters. The molecule has 0 aliphatic rings. The fraction of sp³-hybridized carbons (Fsp3) is 0.333. The van der Waals surface area contributed by atoms with Gasteiger partial charge in [-0.3, -0.25) is 0 Å². The molecule has 1 aromatic carbocycles. The van der Waals surface area contributed by atoms with Crippen LogP contribution in [0.15, 0.2) is 34.3 Å². The number of hydrogen-bond acceptors (Lipinski definition) is 1.